The van der Waals surface area contributed by atoms with E-state index in [0.717, 1.165) is 50.0 Å². The van der Waals surface area contributed by atoms with E-state index in [9.17, 15) is 18.8 Å². The lowest BCUT2D eigenvalue weighted by Crippen LogP contribution is -2.55. The second kappa shape index (κ2) is 11.4. The van der Waals surface area contributed by atoms with Crippen LogP contribution >= 0.6 is 11.3 Å². The molecule has 2 amide bonds. The van der Waals surface area contributed by atoms with E-state index in [0.29, 0.717) is 17.8 Å². The van der Waals surface area contributed by atoms with Gasteiger partial charge in [-0.15, -0.1) is 11.3 Å². The Bertz CT molecular complexity index is 1050. The molecule has 1 aromatic carbocycles. The van der Waals surface area contributed by atoms with Crippen LogP contribution in [0.25, 0.3) is 0 Å². The van der Waals surface area contributed by atoms with Gasteiger partial charge in [-0.05, 0) is 69.8 Å². The van der Waals surface area contributed by atoms with Crippen LogP contribution in [-0.2, 0) is 9.59 Å². The third-order valence-corrected chi connectivity index (χ3v) is 8.14. The minimum absolute atomic E-state index is 0.0577. The van der Waals surface area contributed by atoms with Crippen LogP contribution in [0.5, 0.6) is 0 Å². The molecule has 7 nitrogen and oxygen atoms in total. The fraction of sp³-hybridized carbons (Fsp3) is 0.538. The summed E-state index contributed by atoms with van der Waals surface area (Å²) in [4.78, 5) is 45.8. The summed E-state index contributed by atoms with van der Waals surface area (Å²) in [6.45, 7) is 2.39. The molecule has 2 fully saturated rings. The average molecular weight is 501 g/mol. The largest absolute Gasteiger partial charge is 0.343 e. The molecular weight excluding hydrogens is 467 g/mol. The van der Waals surface area contributed by atoms with E-state index in [4.69, 9.17) is 0 Å². The SMILES string of the molecule is CNC(C)C(=O)N[C@H](C(=O)N1CCC[C@H]1c1nc(C(=O)c2ccc(F)cc2)cs1)C1CCCCC1. The normalized spacial score (nSPS) is 20.4. The molecule has 2 heterocycles. The predicted molar refractivity (Wildman–Crippen MR) is 133 cm³/mol. The number of amides is 2. The third-order valence-electron chi connectivity index (χ3n) is 7.19. The summed E-state index contributed by atoms with van der Waals surface area (Å²) in [5.41, 5.74) is 0.678. The van der Waals surface area contributed by atoms with Gasteiger partial charge < -0.3 is 15.5 Å². The van der Waals surface area contributed by atoms with Crippen LogP contribution in [0.2, 0.25) is 0 Å². The Morgan fingerprint density at radius 3 is 2.49 bits per heavy atom. The zero-order valence-corrected chi connectivity index (χ0v) is 21.1. The van der Waals surface area contributed by atoms with E-state index in [2.05, 4.69) is 15.6 Å². The van der Waals surface area contributed by atoms with Gasteiger partial charge in [0.25, 0.3) is 0 Å². The number of thiazole rings is 1. The molecule has 1 aliphatic heterocycles. The van der Waals surface area contributed by atoms with Crippen molar-refractivity contribution < 1.29 is 18.8 Å². The highest BCUT2D eigenvalue weighted by Crippen LogP contribution is 2.36. The van der Waals surface area contributed by atoms with Crippen molar-refractivity contribution in [2.24, 2.45) is 5.92 Å². The molecule has 35 heavy (non-hydrogen) atoms. The molecule has 9 heteroatoms. The summed E-state index contributed by atoms with van der Waals surface area (Å²) in [5.74, 6) is -0.773. The quantitative estimate of drug-likeness (QED) is 0.538. The van der Waals surface area contributed by atoms with Crippen LogP contribution < -0.4 is 10.6 Å². The Balaban J connectivity index is 1.53. The standard InChI is InChI=1S/C26H33FN4O3S/c1-16(28-2)24(33)30-22(17-7-4-3-5-8-17)26(34)31-14-6-9-21(31)25-29-20(15-35-25)23(32)18-10-12-19(27)13-11-18/h10-13,15-17,21-22,28H,3-9,14H2,1-2H3,(H,30,33)/t16?,21-,22-/m0/s1. The monoisotopic (exact) mass is 500 g/mol. The lowest BCUT2D eigenvalue weighted by Gasteiger charge is -2.35. The first-order chi connectivity index (χ1) is 16.9. The maximum Gasteiger partial charge on any atom is 0.246 e. The predicted octanol–water partition coefficient (Wildman–Crippen LogP) is 3.85. The van der Waals surface area contributed by atoms with Gasteiger partial charge in [0, 0.05) is 17.5 Å². The van der Waals surface area contributed by atoms with E-state index >= 15 is 0 Å². The summed E-state index contributed by atoms with van der Waals surface area (Å²) in [6, 6.07) is 4.25. The first-order valence-corrected chi connectivity index (χ1v) is 13.3. The van der Waals surface area contributed by atoms with Gasteiger partial charge in [-0.2, -0.15) is 0 Å². The van der Waals surface area contributed by atoms with Crippen LogP contribution in [0, 0.1) is 11.7 Å². The molecule has 0 radical (unpaired) electrons. The topological polar surface area (TPSA) is 91.4 Å². The Labute approximate surface area is 209 Å². The van der Waals surface area contributed by atoms with Crippen molar-refractivity contribution in [3.8, 4) is 0 Å². The number of likely N-dealkylation sites (N-methyl/N-ethyl adjacent to an activating group) is 1. The number of carbonyl (C=O) groups excluding carboxylic acids is 3. The fourth-order valence-corrected chi connectivity index (χ4v) is 5.96. The highest BCUT2D eigenvalue weighted by atomic mass is 32.1. The number of rotatable bonds is 8. The van der Waals surface area contributed by atoms with Crippen molar-refractivity contribution in [3.05, 3.63) is 51.7 Å². The van der Waals surface area contributed by atoms with Gasteiger partial charge in [0.05, 0.1) is 12.1 Å². The van der Waals surface area contributed by atoms with Crippen molar-refractivity contribution in [2.45, 2.75) is 70.0 Å². The van der Waals surface area contributed by atoms with E-state index in [1.807, 2.05) is 4.90 Å². The van der Waals surface area contributed by atoms with Gasteiger partial charge in [0.1, 0.15) is 22.6 Å². The molecule has 1 aromatic heterocycles. The van der Waals surface area contributed by atoms with E-state index in [1.165, 1.54) is 35.6 Å². The first kappa shape index (κ1) is 25.4. The molecule has 0 bridgehead atoms. The van der Waals surface area contributed by atoms with E-state index < -0.39 is 11.9 Å². The number of benzene rings is 1. The van der Waals surface area contributed by atoms with Gasteiger partial charge in [-0.3, -0.25) is 14.4 Å². The number of halogens is 1. The molecule has 1 saturated heterocycles. The van der Waals surface area contributed by atoms with Gasteiger partial charge in [0.2, 0.25) is 17.6 Å². The molecule has 2 N–H and O–H groups in total. The summed E-state index contributed by atoms with van der Waals surface area (Å²) in [7, 11) is 1.73. The van der Waals surface area contributed by atoms with Gasteiger partial charge in [0.15, 0.2) is 0 Å². The van der Waals surface area contributed by atoms with Crippen LogP contribution in [0.4, 0.5) is 4.39 Å². The minimum atomic E-state index is -0.556. The number of carbonyl (C=O) groups is 3. The molecular formula is C26H33FN4O3S. The zero-order valence-electron chi connectivity index (χ0n) is 20.3. The second-order valence-corrected chi connectivity index (χ2v) is 10.4. The number of likely N-dealkylation sites (tertiary alicyclic amines) is 1. The van der Waals surface area contributed by atoms with Crippen molar-refractivity contribution in [1.29, 1.82) is 0 Å². The lowest BCUT2D eigenvalue weighted by atomic mass is 9.83. The first-order valence-electron chi connectivity index (χ1n) is 12.4. The van der Waals surface area contributed by atoms with E-state index in [-0.39, 0.29) is 35.6 Å². The van der Waals surface area contributed by atoms with Crippen molar-refractivity contribution in [1.82, 2.24) is 20.5 Å². The molecule has 4 rings (SSSR count). The molecule has 1 saturated carbocycles. The van der Waals surface area contributed by atoms with Gasteiger partial charge in [-0.25, -0.2) is 9.37 Å². The van der Waals surface area contributed by atoms with Crippen LogP contribution in [0.15, 0.2) is 29.6 Å². The summed E-state index contributed by atoms with van der Waals surface area (Å²) in [6.07, 6.45) is 6.76. The molecule has 2 aromatic rings. The average Bonchev–Trinajstić information content (AvgIpc) is 3.56. The van der Waals surface area contributed by atoms with Crippen molar-refractivity contribution in [2.75, 3.05) is 13.6 Å². The minimum Gasteiger partial charge on any atom is -0.343 e. The van der Waals surface area contributed by atoms with Crippen LogP contribution in [0.3, 0.4) is 0 Å². The molecule has 0 spiro atoms. The Kier molecular flexibility index (Phi) is 8.28. The number of hydrogen-bond donors (Lipinski definition) is 2. The maximum atomic E-state index is 13.8. The number of ketones is 1. The van der Waals surface area contributed by atoms with E-state index in [1.54, 1.807) is 19.4 Å². The molecule has 3 atom stereocenters. The summed E-state index contributed by atoms with van der Waals surface area (Å²) < 4.78 is 13.2. The zero-order chi connectivity index (χ0) is 24.9. The van der Waals surface area contributed by atoms with Crippen molar-refractivity contribution >= 4 is 28.9 Å². The fourth-order valence-electron chi connectivity index (χ4n) is 5.02. The second-order valence-electron chi connectivity index (χ2n) is 9.49. The Morgan fingerprint density at radius 2 is 1.80 bits per heavy atom. The highest BCUT2D eigenvalue weighted by Gasteiger charge is 2.40. The molecule has 188 valence electrons. The number of nitrogens with one attached hydrogen (secondary N) is 2. The molecule has 2 aliphatic rings. The van der Waals surface area contributed by atoms with Gasteiger partial charge in [-0.1, -0.05) is 19.3 Å². The molecule has 1 unspecified atom stereocenters. The summed E-state index contributed by atoms with van der Waals surface area (Å²) in [5, 5.41) is 8.42. The van der Waals surface area contributed by atoms with Gasteiger partial charge >= 0.3 is 0 Å². The number of hydrogen-bond acceptors (Lipinski definition) is 6. The maximum absolute atomic E-state index is 13.8. The lowest BCUT2D eigenvalue weighted by molar-refractivity contribution is -0.139. The Morgan fingerprint density at radius 1 is 1.09 bits per heavy atom. The smallest absolute Gasteiger partial charge is 0.246 e. The van der Waals surface area contributed by atoms with Crippen LogP contribution in [0.1, 0.15) is 79.0 Å². The summed E-state index contributed by atoms with van der Waals surface area (Å²) >= 11 is 1.37. The number of aromatic nitrogens is 1. The molecule has 1 aliphatic carbocycles. The number of nitrogens with zero attached hydrogens (tertiary/aromatic N) is 2. The third kappa shape index (κ3) is 5.78. The highest BCUT2D eigenvalue weighted by molar-refractivity contribution is 7.10. The Hall–Kier alpha value is -2.65. The van der Waals surface area contributed by atoms with Crippen LogP contribution in [-0.4, -0.2) is 53.2 Å². The van der Waals surface area contributed by atoms with Crippen molar-refractivity contribution in [3.63, 3.8) is 0 Å².